The molecule has 1 saturated heterocycles. The SMILES string of the molecule is CC(=O)OCC(=O)N1[C@@H](C)CN(C(=O)OC(C)(C)C)C[C@@H]1C=O.CC(=O)OCc1ncc2n1[C@@H](C)CN(C(=O)OC(C)(C)C)C2. The van der Waals surface area contributed by atoms with Crippen LogP contribution in [-0.4, -0.2) is 110 Å². The molecule has 3 heterocycles. The van der Waals surface area contributed by atoms with Crippen LogP contribution in [0.1, 0.15) is 86.8 Å². The molecule has 0 aromatic carbocycles. The lowest BCUT2D eigenvalue weighted by atomic mass is 10.1. The van der Waals surface area contributed by atoms with Gasteiger partial charge in [0, 0.05) is 33.0 Å². The molecule has 45 heavy (non-hydrogen) atoms. The van der Waals surface area contributed by atoms with Crippen molar-refractivity contribution in [3.8, 4) is 0 Å². The quantitative estimate of drug-likeness (QED) is 0.265. The van der Waals surface area contributed by atoms with Gasteiger partial charge in [0.15, 0.2) is 6.61 Å². The van der Waals surface area contributed by atoms with Crippen molar-refractivity contribution >= 4 is 36.3 Å². The predicted octanol–water partition coefficient (Wildman–Crippen LogP) is 2.84. The minimum Gasteiger partial charge on any atom is -0.458 e. The molecule has 3 rings (SSSR count). The van der Waals surface area contributed by atoms with Gasteiger partial charge in [-0.2, -0.15) is 0 Å². The van der Waals surface area contributed by atoms with E-state index in [1.807, 2.05) is 32.3 Å². The largest absolute Gasteiger partial charge is 0.458 e. The Bertz CT molecular complexity index is 1250. The number of amides is 3. The molecule has 0 bridgehead atoms. The Hall–Kier alpha value is -4.17. The van der Waals surface area contributed by atoms with E-state index < -0.39 is 47.9 Å². The number of nitrogens with zero attached hydrogens (tertiary/aromatic N) is 5. The highest BCUT2D eigenvalue weighted by atomic mass is 16.6. The number of imidazole rings is 1. The maximum absolute atomic E-state index is 12.2. The summed E-state index contributed by atoms with van der Waals surface area (Å²) in [5, 5.41) is 0. The number of esters is 2. The normalized spacial score (nSPS) is 19.8. The average Bonchev–Trinajstić information content (AvgIpc) is 3.32. The maximum Gasteiger partial charge on any atom is 0.410 e. The van der Waals surface area contributed by atoms with Crippen molar-refractivity contribution in [3.05, 3.63) is 17.7 Å². The number of fused-ring (bicyclic) bond motifs is 1. The van der Waals surface area contributed by atoms with Crippen molar-refractivity contribution < 1.29 is 47.7 Å². The molecular formula is C30H47N5O10. The van der Waals surface area contributed by atoms with Crippen LogP contribution in [0, 0.1) is 0 Å². The highest BCUT2D eigenvalue weighted by Crippen LogP contribution is 2.25. The fourth-order valence-electron chi connectivity index (χ4n) is 4.87. The van der Waals surface area contributed by atoms with Gasteiger partial charge >= 0.3 is 24.1 Å². The van der Waals surface area contributed by atoms with E-state index in [1.54, 1.807) is 38.8 Å². The number of carbonyl (C=O) groups excluding carboxylic acids is 6. The first-order valence-electron chi connectivity index (χ1n) is 14.8. The number of hydrogen-bond acceptors (Lipinski definition) is 11. The van der Waals surface area contributed by atoms with Gasteiger partial charge in [-0.1, -0.05) is 0 Å². The molecule has 15 nitrogen and oxygen atoms in total. The van der Waals surface area contributed by atoms with Crippen LogP contribution in [-0.2, 0) is 51.3 Å². The molecule has 0 saturated carbocycles. The summed E-state index contributed by atoms with van der Waals surface area (Å²) in [5.74, 6) is -0.674. The predicted molar refractivity (Wildman–Crippen MR) is 160 cm³/mol. The molecule has 0 spiro atoms. The lowest BCUT2D eigenvalue weighted by molar-refractivity contribution is -0.155. The Morgan fingerprint density at radius 1 is 0.844 bits per heavy atom. The Morgan fingerprint density at radius 3 is 1.89 bits per heavy atom. The van der Waals surface area contributed by atoms with Crippen molar-refractivity contribution in [3.63, 3.8) is 0 Å². The fourth-order valence-corrected chi connectivity index (χ4v) is 4.87. The molecule has 0 N–H and O–H groups in total. The van der Waals surface area contributed by atoms with Crippen LogP contribution in [0.15, 0.2) is 6.20 Å². The van der Waals surface area contributed by atoms with Crippen molar-refractivity contribution in [2.45, 2.75) is 112 Å². The van der Waals surface area contributed by atoms with Gasteiger partial charge in [0.1, 0.15) is 36.0 Å². The van der Waals surface area contributed by atoms with Crippen LogP contribution in [0.25, 0.3) is 0 Å². The van der Waals surface area contributed by atoms with Crippen molar-refractivity contribution in [2.75, 3.05) is 26.2 Å². The highest BCUT2D eigenvalue weighted by Gasteiger charge is 2.38. The molecular weight excluding hydrogens is 590 g/mol. The van der Waals surface area contributed by atoms with E-state index in [4.69, 9.17) is 14.2 Å². The zero-order chi connectivity index (χ0) is 34.3. The van der Waals surface area contributed by atoms with E-state index >= 15 is 0 Å². The number of ether oxygens (including phenoxy) is 4. The average molecular weight is 638 g/mol. The molecule has 1 aromatic rings. The first kappa shape index (κ1) is 37.0. The second-order valence-electron chi connectivity index (χ2n) is 13.0. The molecule has 2 aliphatic heterocycles. The highest BCUT2D eigenvalue weighted by molar-refractivity contribution is 5.84. The lowest BCUT2D eigenvalue weighted by Gasteiger charge is -2.43. The van der Waals surface area contributed by atoms with Gasteiger partial charge in [-0.05, 0) is 55.4 Å². The van der Waals surface area contributed by atoms with Crippen LogP contribution in [0.4, 0.5) is 9.59 Å². The molecule has 252 valence electrons. The van der Waals surface area contributed by atoms with Gasteiger partial charge in [0.05, 0.1) is 31.0 Å². The summed E-state index contributed by atoms with van der Waals surface area (Å²) in [6.07, 6.45) is 1.47. The third-order valence-electron chi connectivity index (χ3n) is 6.50. The van der Waals surface area contributed by atoms with Crippen molar-refractivity contribution in [2.24, 2.45) is 0 Å². The third kappa shape index (κ3) is 11.4. The Kier molecular flexibility index (Phi) is 12.5. The first-order chi connectivity index (χ1) is 20.7. The summed E-state index contributed by atoms with van der Waals surface area (Å²) >= 11 is 0. The van der Waals surface area contributed by atoms with Gasteiger partial charge in [0.2, 0.25) is 0 Å². The number of piperazine rings is 1. The summed E-state index contributed by atoms with van der Waals surface area (Å²) < 4.78 is 22.4. The van der Waals surface area contributed by atoms with Gasteiger partial charge in [0.25, 0.3) is 5.91 Å². The zero-order valence-electron chi connectivity index (χ0n) is 27.9. The number of rotatable bonds is 5. The van der Waals surface area contributed by atoms with E-state index in [2.05, 4.69) is 9.72 Å². The van der Waals surface area contributed by atoms with Crippen LogP contribution < -0.4 is 0 Å². The molecule has 3 amide bonds. The second kappa shape index (κ2) is 15.2. The monoisotopic (exact) mass is 637 g/mol. The summed E-state index contributed by atoms with van der Waals surface area (Å²) in [5.41, 5.74) is -0.246. The molecule has 15 heteroatoms. The molecule has 0 aliphatic carbocycles. The summed E-state index contributed by atoms with van der Waals surface area (Å²) in [7, 11) is 0. The molecule has 1 fully saturated rings. The number of aldehydes is 1. The van der Waals surface area contributed by atoms with E-state index in [-0.39, 0.29) is 37.8 Å². The van der Waals surface area contributed by atoms with Crippen LogP contribution >= 0.6 is 0 Å². The van der Waals surface area contributed by atoms with E-state index in [0.717, 1.165) is 5.69 Å². The van der Waals surface area contributed by atoms with Gasteiger partial charge in [-0.25, -0.2) is 14.6 Å². The minimum absolute atomic E-state index is 0.0457. The fraction of sp³-hybridized carbons (Fsp3) is 0.700. The molecule has 2 aliphatic rings. The van der Waals surface area contributed by atoms with Gasteiger partial charge in [-0.15, -0.1) is 0 Å². The van der Waals surface area contributed by atoms with Crippen LogP contribution in [0.2, 0.25) is 0 Å². The second-order valence-corrected chi connectivity index (χ2v) is 13.0. The summed E-state index contributed by atoms with van der Waals surface area (Å²) in [6.45, 7) is 18.1. The topological polar surface area (TPSA) is 167 Å². The van der Waals surface area contributed by atoms with Crippen molar-refractivity contribution in [1.82, 2.24) is 24.3 Å². The smallest absolute Gasteiger partial charge is 0.410 e. The Balaban J connectivity index is 0.000000314. The maximum atomic E-state index is 12.2. The standard InChI is InChI=1S/C15H23N3O4.C15H24N2O6/c1-10-7-17(14(20)22-15(3,4)5)8-12-6-16-13(18(10)12)9-21-11(2)19;1-10-6-16(14(21)23-15(3,4)5)7-12(8-18)17(10)13(20)9-22-11(2)19/h6,10H,7-9H2,1-5H3;8,10,12H,6-7,9H2,1-5H3/t10-;10-,12+/m00/s1. The van der Waals surface area contributed by atoms with E-state index in [0.29, 0.717) is 25.2 Å². The van der Waals surface area contributed by atoms with Gasteiger partial charge < -0.3 is 43.0 Å². The summed E-state index contributed by atoms with van der Waals surface area (Å²) in [4.78, 5) is 78.3. The Morgan fingerprint density at radius 2 is 1.38 bits per heavy atom. The minimum atomic E-state index is -0.797. The van der Waals surface area contributed by atoms with Crippen molar-refractivity contribution in [1.29, 1.82) is 0 Å². The number of carbonyl (C=O) groups is 6. The molecule has 3 atom stereocenters. The van der Waals surface area contributed by atoms with E-state index in [9.17, 15) is 28.8 Å². The Labute approximate surface area is 264 Å². The first-order valence-corrected chi connectivity index (χ1v) is 14.8. The lowest BCUT2D eigenvalue weighted by Crippen LogP contribution is -2.62. The molecule has 1 aromatic heterocycles. The van der Waals surface area contributed by atoms with Crippen LogP contribution in [0.5, 0.6) is 0 Å². The number of hydrogen-bond donors (Lipinski definition) is 0. The number of aromatic nitrogens is 2. The van der Waals surface area contributed by atoms with Gasteiger partial charge in [-0.3, -0.25) is 14.4 Å². The third-order valence-corrected chi connectivity index (χ3v) is 6.50. The van der Waals surface area contributed by atoms with Crippen LogP contribution in [0.3, 0.4) is 0 Å². The molecule has 0 unspecified atom stereocenters. The summed E-state index contributed by atoms with van der Waals surface area (Å²) in [6, 6.07) is -1.15. The zero-order valence-corrected chi connectivity index (χ0v) is 27.9. The van der Waals surface area contributed by atoms with E-state index in [1.165, 1.54) is 23.6 Å². The molecule has 0 radical (unpaired) electrons.